The lowest BCUT2D eigenvalue weighted by Crippen LogP contribution is -2.22. The van der Waals surface area contributed by atoms with E-state index >= 15 is 0 Å². The van der Waals surface area contributed by atoms with Gasteiger partial charge in [0.2, 0.25) is 0 Å². The summed E-state index contributed by atoms with van der Waals surface area (Å²) in [5.41, 5.74) is 2.43. The van der Waals surface area contributed by atoms with Crippen molar-refractivity contribution in [3.05, 3.63) is 35.0 Å². The predicted octanol–water partition coefficient (Wildman–Crippen LogP) is 2.28. The molecule has 4 nitrogen and oxygen atoms in total. The van der Waals surface area contributed by atoms with Gasteiger partial charge in [0.05, 0.1) is 7.11 Å². The SMILES string of the molecule is CCC1=N/C(=C/c2ccc(OC)c(C)c2)C(=O)N1. The molecule has 1 amide bonds. The lowest BCUT2D eigenvalue weighted by atomic mass is 10.1. The fourth-order valence-corrected chi connectivity index (χ4v) is 1.83. The van der Waals surface area contributed by atoms with E-state index in [9.17, 15) is 4.79 Å². The molecule has 0 aromatic heterocycles. The number of amides is 1. The van der Waals surface area contributed by atoms with Gasteiger partial charge in [-0.25, -0.2) is 4.99 Å². The summed E-state index contributed by atoms with van der Waals surface area (Å²) < 4.78 is 5.20. The quantitative estimate of drug-likeness (QED) is 0.829. The van der Waals surface area contributed by atoms with E-state index in [-0.39, 0.29) is 5.91 Å². The number of methoxy groups -OCH3 is 1. The van der Waals surface area contributed by atoms with Crippen molar-refractivity contribution in [2.45, 2.75) is 20.3 Å². The van der Waals surface area contributed by atoms with Gasteiger partial charge in [-0.3, -0.25) is 4.79 Å². The minimum atomic E-state index is -0.139. The molecule has 1 aliphatic rings. The van der Waals surface area contributed by atoms with Crippen LogP contribution in [0.15, 0.2) is 28.9 Å². The molecule has 1 aromatic carbocycles. The number of hydrogen-bond donors (Lipinski definition) is 1. The van der Waals surface area contributed by atoms with Crippen LogP contribution in [0.3, 0.4) is 0 Å². The maximum Gasteiger partial charge on any atom is 0.275 e. The molecule has 1 aliphatic heterocycles. The topological polar surface area (TPSA) is 50.7 Å². The average Bonchev–Trinajstić information content (AvgIpc) is 2.70. The van der Waals surface area contributed by atoms with Gasteiger partial charge in [0.15, 0.2) is 0 Å². The average molecular weight is 244 g/mol. The molecule has 1 N–H and O–H groups in total. The highest BCUT2D eigenvalue weighted by atomic mass is 16.5. The van der Waals surface area contributed by atoms with Crippen LogP contribution in [0.25, 0.3) is 6.08 Å². The number of aliphatic imine (C=N–C) groups is 1. The van der Waals surface area contributed by atoms with Crippen LogP contribution in [0.1, 0.15) is 24.5 Å². The fraction of sp³-hybridized carbons (Fsp3) is 0.286. The van der Waals surface area contributed by atoms with E-state index in [4.69, 9.17) is 4.74 Å². The highest BCUT2D eigenvalue weighted by Crippen LogP contribution is 2.21. The van der Waals surface area contributed by atoms with Gasteiger partial charge in [-0.05, 0) is 36.3 Å². The fourth-order valence-electron chi connectivity index (χ4n) is 1.83. The first-order chi connectivity index (χ1) is 8.63. The van der Waals surface area contributed by atoms with Crippen molar-refractivity contribution in [2.24, 2.45) is 4.99 Å². The summed E-state index contributed by atoms with van der Waals surface area (Å²) in [6, 6.07) is 5.77. The van der Waals surface area contributed by atoms with Crippen LogP contribution in [0.4, 0.5) is 0 Å². The minimum Gasteiger partial charge on any atom is -0.496 e. The molecule has 0 radical (unpaired) electrons. The Morgan fingerprint density at radius 1 is 1.44 bits per heavy atom. The van der Waals surface area contributed by atoms with Crippen molar-refractivity contribution < 1.29 is 9.53 Å². The number of carbonyl (C=O) groups excluding carboxylic acids is 1. The van der Waals surface area contributed by atoms with E-state index in [1.54, 1.807) is 13.2 Å². The Balaban J connectivity index is 2.31. The van der Waals surface area contributed by atoms with Crippen molar-refractivity contribution in [2.75, 3.05) is 7.11 Å². The van der Waals surface area contributed by atoms with Crippen LogP contribution < -0.4 is 10.1 Å². The lowest BCUT2D eigenvalue weighted by molar-refractivity contribution is -0.115. The van der Waals surface area contributed by atoms with E-state index < -0.39 is 0 Å². The number of rotatable bonds is 3. The molecule has 4 heteroatoms. The Hall–Kier alpha value is -2.10. The van der Waals surface area contributed by atoms with Crippen LogP contribution in [0, 0.1) is 6.92 Å². The maximum absolute atomic E-state index is 11.6. The molecule has 0 unspecified atom stereocenters. The third kappa shape index (κ3) is 2.42. The third-order valence-corrected chi connectivity index (χ3v) is 2.80. The van der Waals surface area contributed by atoms with E-state index in [1.165, 1.54) is 0 Å². The predicted molar refractivity (Wildman–Crippen MR) is 71.6 cm³/mol. The summed E-state index contributed by atoms with van der Waals surface area (Å²) >= 11 is 0. The number of carbonyl (C=O) groups is 1. The molecule has 1 heterocycles. The van der Waals surface area contributed by atoms with Gasteiger partial charge in [-0.2, -0.15) is 0 Å². The van der Waals surface area contributed by atoms with E-state index in [0.29, 0.717) is 5.70 Å². The number of ether oxygens (including phenoxy) is 1. The molecule has 0 aliphatic carbocycles. The smallest absolute Gasteiger partial charge is 0.275 e. The van der Waals surface area contributed by atoms with Gasteiger partial charge in [0.1, 0.15) is 17.3 Å². The first-order valence-electron chi connectivity index (χ1n) is 5.89. The van der Waals surface area contributed by atoms with Gasteiger partial charge in [0, 0.05) is 6.42 Å². The van der Waals surface area contributed by atoms with E-state index in [1.807, 2.05) is 32.0 Å². The zero-order valence-electron chi connectivity index (χ0n) is 10.8. The molecule has 94 valence electrons. The van der Waals surface area contributed by atoms with Crippen LogP contribution in [0.5, 0.6) is 5.75 Å². The molecule has 0 atom stereocenters. The zero-order chi connectivity index (χ0) is 13.1. The van der Waals surface area contributed by atoms with Gasteiger partial charge in [-0.1, -0.05) is 13.0 Å². The Bertz CT molecular complexity index is 545. The molecule has 0 spiro atoms. The van der Waals surface area contributed by atoms with Crippen molar-refractivity contribution in [3.63, 3.8) is 0 Å². The highest BCUT2D eigenvalue weighted by molar-refractivity contribution is 6.14. The summed E-state index contributed by atoms with van der Waals surface area (Å²) in [6.07, 6.45) is 2.51. The molecular weight excluding hydrogens is 228 g/mol. The molecule has 0 saturated heterocycles. The summed E-state index contributed by atoms with van der Waals surface area (Å²) in [4.78, 5) is 15.9. The Kier molecular flexibility index (Phi) is 3.46. The van der Waals surface area contributed by atoms with Crippen molar-refractivity contribution in [3.8, 4) is 5.75 Å². The van der Waals surface area contributed by atoms with Crippen molar-refractivity contribution >= 4 is 17.8 Å². The van der Waals surface area contributed by atoms with Gasteiger partial charge < -0.3 is 10.1 Å². The standard InChI is InChI=1S/C14H16N2O2/c1-4-13-15-11(14(17)16-13)8-10-5-6-12(18-3)9(2)7-10/h5-8H,4H2,1-3H3,(H,15,16,17)/b11-8+. The third-order valence-electron chi connectivity index (χ3n) is 2.80. The Morgan fingerprint density at radius 3 is 2.78 bits per heavy atom. The van der Waals surface area contributed by atoms with Gasteiger partial charge >= 0.3 is 0 Å². The Labute approximate surface area is 106 Å². The van der Waals surface area contributed by atoms with Crippen molar-refractivity contribution in [1.29, 1.82) is 0 Å². The molecule has 18 heavy (non-hydrogen) atoms. The number of nitrogens with zero attached hydrogens (tertiary/aromatic N) is 1. The molecular formula is C14H16N2O2. The van der Waals surface area contributed by atoms with Gasteiger partial charge in [0.25, 0.3) is 5.91 Å². The Morgan fingerprint density at radius 2 is 2.22 bits per heavy atom. The van der Waals surface area contributed by atoms with Crippen LogP contribution in [-0.2, 0) is 4.79 Å². The van der Waals surface area contributed by atoms with Crippen LogP contribution in [-0.4, -0.2) is 18.9 Å². The van der Waals surface area contributed by atoms with E-state index in [2.05, 4.69) is 10.3 Å². The zero-order valence-corrected chi connectivity index (χ0v) is 10.8. The lowest BCUT2D eigenvalue weighted by Gasteiger charge is -2.04. The normalized spacial score (nSPS) is 16.7. The number of hydrogen-bond acceptors (Lipinski definition) is 3. The largest absolute Gasteiger partial charge is 0.496 e. The summed E-state index contributed by atoms with van der Waals surface area (Å²) in [7, 11) is 1.64. The first-order valence-corrected chi connectivity index (χ1v) is 5.89. The van der Waals surface area contributed by atoms with Crippen LogP contribution >= 0.6 is 0 Å². The molecule has 0 fully saturated rings. The second-order valence-corrected chi connectivity index (χ2v) is 4.12. The first kappa shape index (κ1) is 12.4. The second-order valence-electron chi connectivity index (χ2n) is 4.12. The molecule has 2 rings (SSSR count). The molecule has 0 bridgehead atoms. The monoisotopic (exact) mass is 244 g/mol. The van der Waals surface area contributed by atoms with Crippen molar-refractivity contribution in [1.82, 2.24) is 5.32 Å². The minimum absolute atomic E-state index is 0.139. The number of amidine groups is 1. The molecule has 0 saturated carbocycles. The summed E-state index contributed by atoms with van der Waals surface area (Å²) in [5.74, 6) is 1.42. The highest BCUT2D eigenvalue weighted by Gasteiger charge is 2.18. The van der Waals surface area contributed by atoms with Gasteiger partial charge in [-0.15, -0.1) is 0 Å². The molecule has 1 aromatic rings. The number of aryl methyl sites for hydroxylation is 1. The second kappa shape index (κ2) is 5.04. The number of nitrogens with one attached hydrogen (secondary N) is 1. The number of benzene rings is 1. The maximum atomic E-state index is 11.6. The summed E-state index contributed by atoms with van der Waals surface area (Å²) in [5, 5.41) is 2.73. The van der Waals surface area contributed by atoms with E-state index in [0.717, 1.165) is 29.1 Å². The summed E-state index contributed by atoms with van der Waals surface area (Å²) in [6.45, 7) is 3.93. The van der Waals surface area contributed by atoms with Crippen LogP contribution in [0.2, 0.25) is 0 Å².